The van der Waals surface area contributed by atoms with Gasteiger partial charge in [-0.3, -0.25) is 4.68 Å². The fourth-order valence-electron chi connectivity index (χ4n) is 2.00. The second-order valence-corrected chi connectivity index (χ2v) is 6.00. The molecule has 0 saturated carbocycles. The normalized spacial score (nSPS) is 10.8. The topological polar surface area (TPSA) is 29.9 Å². The minimum absolute atomic E-state index is 0.254. The van der Waals surface area contributed by atoms with E-state index < -0.39 is 0 Å². The monoisotopic (exact) mass is 403 g/mol. The van der Waals surface area contributed by atoms with Crippen LogP contribution in [0.2, 0.25) is 0 Å². The van der Waals surface area contributed by atoms with Crippen LogP contribution in [0.25, 0.3) is 0 Å². The van der Waals surface area contributed by atoms with Crippen LogP contribution in [0.4, 0.5) is 10.1 Å². The fourth-order valence-corrected chi connectivity index (χ4v) is 3.19. The minimum atomic E-state index is -0.254. The molecule has 3 nitrogen and oxygen atoms in total. The standard InChI is InChI=1S/C14H16Br2FN3/c1-3-11-14(16)13(20(4-2)19-11)8-18-12-6-5-9(17)7-10(12)15/h5-7,18H,3-4,8H2,1-2H3. The average Bonchev–Trinajstić information content (AvgIpc) is 2.74. The summed E-state index contributed by atoms with van der Waals surface area (Å²) in [6.07, 6.45) is 0.890. The van der Waals surface area contributed by atoms with Crippen LogP contribution in [0.1, 0.15) is 25.2 Å². The van der Waals surface area contributed by atoms with Gasteiger partial charge in [0.25, 0.3) is 0 Å². The lowest BCUT2D eigenvalue weighted by atomic mass is 10.2. The van der Waals surface area contributed by atoms with Crippen LogP contribution < -0.4 is 5.32 Å². The molecule has 0 bridgehead atoms. The number of rotatable bonds is 5. The van der Waals surface area contributed by atoms with Gasteiger partial charge in [0.05, 0.1) is 22.4 Å². The maximum atomic E-state index is 13.1. The molecule has 0 fully saturated rings. The molecule has 0 atom stereocenters. The van der Waals surface area contributed by atoms with Crippen molar-refractivity contribution in [3.63, 3.8) is 0 Å². The zero-order valence-corrected chi connectivity index (χ0v) is 14.6. The molecule has 0 unspecified atom stereocenters. The molecule has 108 valence electrons. The molecule has 1 aromatic carbocycles. The summed E-state index contributed by atoms with van der Waals surface area (Å²) in [7, 11) is 0. The SMILES string of the molecule is CCc1nn(CC)c(CNc2ccc(F)cc2Br)c1Br. The van der Waals surface area contributed by atoms with E-state index in [9.17, 15) is 4.39 Å². The van der Waals surface area contributed by atoms with Crippen molar-refractivity contribution in [2.24, 2.45) is 0 Å². The summed E-state index contributed by atoms with van der Waals surface area (Å²) in [4.78, 5) is 0. The molecule has 0 spiro atoms. The Hall–Kier alpha value is -0.880. The summed E-state index contributed by atoms with van der Waals surface area (Å²) in [5.74, 6) is -0.254. The van der Waals surface area contributed by atoms with Crippen LogP contribution in [0.3, 0.4) is 0 Å². The predicted molar refractivity (Wildman–Crippen MR) is 86.4 cm³/mol. The van der Waals surface area contributed by atoms with E-state index >= 15 is 0 Å². The van der Waals surface area contributed by atoms with Crippen LogP contribution in [-0.2, 0) is 19.5 Å². The van der Waals surface area contributed by atoms with Crippen molar-refractivity contribution in [3.05, 3.63) is 44.3 Å². The highest BCUT2D eigenvalue weighted by Crippen LogP contribution is 2.26. The smallest absolute Gasteiger partial charge is 0.124 e. The van der Waals surface area contributed by atoms with Gasteiger partial charge in [0.1, 0.15) is 5.82 Å². The Morgan fingerprint density at radius 2 is 2.05 bits per heavy atom. The van der Waals surface area contributed by atoms with E-state index in [0.717, 1.165) is 34.5 Å². The number of hydrogen-bond donors (Lipinski definition) is 1. The van der Waals surface area contributed by atoms with E-state index in [1.165, 1.54) is 12.1 Å². The number of hydrogen-bond acceptors (Lipinski definition) is 2. The van der Waals surface area contributed by atoms with Gasteiger partial charge in [-0.15, -0.1) is 0 Å². The Bertz CT molecular complexity index is 611. The largest absolute Gasteiger partial charge is 0.378 e. The van der Waals surface area contributed by atoms with Crippen LogP contribution in [0, 0.1) is 5.82 Å². The van der Waals surface area contributed by atoms with E-state index in [4.69, 9.17) is 0 Å². The lowest BCUT2D eigenvalue weighted by molar-refractivity contribution is 0.618. The molecule has 0 amide bonds. The van der Waals surface area contributed by atoms with Crippen LogP contribution >= 0.6 is 31.9 Å². The molecule has 0 radical (unpaired) electrons. The number of aromatic nitrogens is 2. The van der Waals surface area contributed by atoms with Crippen molar-refractivity contribution >= 4 is 37.5 Å². The molecule has 0 aliphatic heterocycles. The summed E-state index contributed by atoms with van der Waals surface area (Å²) in [6, 6.07) is 4.61. The number of nitrogens with zero attached hydrogens (tertiary/aromatic N) is 2. The van der Waals surface area contributed by atoms with Gasteiger partial charge >= 0.3 is 0 Å². The molecule has 1 N–H and O–H groups in total. The molecule has 0 aliphatic carbocycles. The van der Waals surface area contributed by atoms with Crippen molar-refractivity contribution in [2.45, 2.75) is 33.4 Å². The van der Waals surface area contributed by atoms with Crippen molar-refractivity contribution < 1.29 is 4.39 Å². The summed E-state index contributed by atoms with van der Waals surface area (Å²) in [6.45, 7) is 5.60. The Morgan fingerprint density at radius 3 is 2.65 bits per heavy atom. The van der Waals surface area contributed by atoms with Crippen LogP contribution in [0.15, 0.2) is 27.1 Å². The lowest BCUT2D eigenvalue weighted by Crippen LogP contribution is -2.08. The first-order valence-electron chi connectivity index (χ1n) is 6.49. The van der Waals surface area contributed by atoms with Crippen molar-refractivity contribution in [1.29, 1.82) is 0 Å². The highest BCUT2D eigenvalue weighted by Gasteiger charge is 2.13. The third-order valence-corrected chi connectivity index (χ3v) is 4.64. The molecular formula is C14H16Br2FN3. The van der Waals surface area contributed by atoms with Gasteiger partial charge in [-0.1, -0.05) is 6.92 Å². The van der Waals surface area contributed by atoms with Crippen LogP contribution in [-0.4, -0.2) is 9.78 Å². The first kappa shape index (κ1) is 15.5. The number of nitrogens with one attached hydrogen (secondary N) is 1. The third kappa shape index (κ3) is 3.23. The molecule has 6 heteroatoms. The fraction of sp³-hybridized carbons (Fsp3) is 0.357. The number of halogens is 3. The van der Waals surface area contributed by atoms with E-state index in [0.29, 0.717) is 11.0 Å². The predicted octanol–water partition coefficient (Wildman–Crippen LogP) is 4.74. The molecular weight excluding hydrogens is 389 g/mol. The Kier molecular flexibility index (Phi) is 5.21. The average molecular weight is 405 g/mol. The van der Waals surface area contributed by atoms with Gasteiger partial charge in [-0.25, -0.2) is 4.39 Å². The highest BCUT2D eigenvalue weighted by molar-refractivity contribution is 9.11. The second kappa shape index (κ2) is 6.72. The molecule has 2 rings (SSSR count). The molecule has 20 heavy (non-hydrogen) atoms. The molecule has 0 saturated heterocycles. The second-order valence-electron chi connectivity index (χ2n) is 4.35. The summed E-state index contributed by atoms with van der Waals surface area (Å²) >= 11 is 6.97. The number of aryl methyl sites for hydroxylation is 2. The number of anilines is 1. The van der Waals surface area contributed by atoms with E-state index in [-0.39, 0.29) is 5.82 Å². The van der Waals surface area contributed by atoms with Crippen molar-refractivity contribution in [3.8, 4) is 0 Å². The lowest BCUT2D eigenvalue weighted by Gasteiger charge is -2.10. The molecule has 0 aliphatic rings. The maximum Gasteiger partial charge on any atom is 0.124 e. The molecule has 2 aromatic rings. The zero-order valence-electron chi connectivity index (χ0n) is 11.4. The van der Waals surface area contributed by atoms with Crippen molar-refractivity contribution in [1.82, 2.24) is 9.78 Å². The van der Waals surface area contributed by atoms with Gasteiger partial charge in [-0.05, 0) is 63.4 Å². The Balaban J connectivity index is 2.20. The van der Waals surface area contributed by atoms with Gasteiger partial charge in [0.2, 0.25) is 0 Å². The third-order valence-electron chi connectivity index (χ3n) is 3.07. The van der Waals surface area contributed by atoms with Gasteiger partial charge < -0.3 is 5.32 Å². The Morgan fingerprint density at radius 1 is 1.30 bits per heavy atom. The molecule has 1 aromatic heterocycles. The quantitative estimate of drug-likeness (QED) is 0.779. The first-order chi connectivity index (χ1) is 9.56. The van der Waals surface area contributed by atoms with Gasteiger partial charge in [-0.2, -0.15) is 5.10 Å². The van der Waals surface area contributed by atoms with E-state index in [1.807, 2.05) is 4.68 Å². The van der Waals surface area contributed by atoms with E-state index in [2.05, 4.69) is 56.1 Å². The van der Waals surface area contributed by atoms with Crippen molar-refractivity contribution in [2.75, 3.05) is 5.32 Å². The highest BCUT2D eigenvalue weighted by atomic mass is 79.9. The summed E-state index contributed by atoms with van der Waals surface area (Å²) in [5.41, 5.74) is 3.02. The first-order valence-corrected chi connectivity index (χ1v) is 8.08. The zero-order chi connectivity index (χ0) is 14.7. The van der Waals surface area contributed by atoms with E-state index in [1.54, 1.807) is 6.07 Å². The summed E-state index contributed by atoms with van der Waals surface area (Å²) in [5, 5.41) is 7.86. The maximum absolute atomic E-state index is 13.1. The molecule has 1 heterocycles. The van der Waals surface area contributed by atoms with Crippen LogP contribution in [0.5, 0.6) is 0 Å². The number of benzene rings is 1. The Labute approximate surface area is 134 Å². The van der Waals surface area contributed by atoms with Gasteiger partial charge in [0, 0.05) is 16.7 Å². The minimum Gasteiger partial charge on any atom is -0.378 e. The summed E-state index contributed by atoms with van der Waals surface area (Å²) < 4.78 is 16.8. The van der Waals surface area contributed by atoms with Gasteiger partial charge in [0.15, 0.2) is 0 Å².